The summed E-state index contributed by atoms with van der Waals surface area (Å²) in [6.45, 7) is 17.0. The van der Waals surface area contributed by atoms with Crippen LogP contribution in [0.15, 0.2) is 18.5 Å². The molecule has 0 aromatic carbocycles. The molecule has 3 rings (SSSR count). The molecule has 1 aromatic rings. The zero-order valence-electron chi connectivity index (χ0n) is 20.1. The van der Waals surface area contributed by atoms with E-state index in [4.69, 9.17) is 0 Å². The summed E-state index contributed by atoms with van der Waals surface area (Å²) in [4.78, 5) is 36.0. The van der Waals surface area contributed by atoms with Crippen LogP contribution in [0.25, 0.3) is 0 Å². The highest BCUT2D eigenvalue weighted by Crippen LogP contribution is 2.41. The summed E-state index contributed by atoms with van der Waals surface area (Å²) in [6, 6.07) is 1.72. The fourth-order valence-corrected chi connectivity index (χ4v) is 6.08. The average Bonchev–Trinajstić information content (AvgIpc) is 2.58. The number of likely N-dealkylation sites (tertiary alicyclic amines) is 2. The van der Waals surface area contributed by atoms with Gasteiger partial charge in [0.1, 0.15) is 0 Å². The third-order valence-corrected chi connectivity index (χ3v) is 7.26. The zero-order valence-corrected chi connectivity index (χ0v) is 20.1. The second-order valence-corrected chi connectivity index (χ2v) is 11.7. The van der Waals surface area contributed by atoms with Crippen LogP contribution in [0, 0.1) is 0 Å². The third-order valence-electron chi connectivity index (χ3n) is 7.26. The summed E-state index contributed by atoms with van der Waals surface area (Å²) in [6.07, 6.45) is 9.24. The van der Waals surface area contributed by atoms with Crippen LogP contribution in [0.1, 0.15) is 115 Å². The number of carbonyl (C=O) groups is 2. The van der Waals surface area contributed by atoms with Gasteiger partial charge in [-0.05, 0) is 100.0 Å². The molecule has 0 radical (unpaired) electrons. The van der Waals surface area contributed by atoms with Gasteiger partial charge in [-0.1, -0.05) is 0 Å². The number of carbonyl (C=O) groups excluding carboxylic acids is 2. The molecular formula is C25H39N3O2. The molecule has 5 heteroatoms. The standard InChI is InChI=1S/C25H39N3O2/c1-22(2)12-9-13-23(3,4)27(22)20(29)18-11-16-26-17-19(18)21(30)28-24(5,6)14-10-15-25(28,7)8/h11,16-17H,9-10,12-15H2,1-8H3. The number of pyridine rings is 1. The van der Waals surface area contributed by atoms with Gasteiger partial charge in [0.05, 0.1) is 11.1 Å². The maximum Gasteiger partial charge on any atom is 0.257 e. The molecule has 0 bridgehead atoms. The first-order valence-electron chi connectivity index (χ1n) is 11.3. The van der Waals surface area contributed by atoms with E-state index in [1.807, 2.05) is 9.80 Å². The highest BCUT2D eigenvalue weighted by atomic mass is 16.2. The molecule has 2 aliphatic rings. The van der Waals surface area contributed by atoms with Gasteiger partial charge in [0, 0.05) is 34.5 Å². The van der Waals surface area contributed by atoms with Crippen LogP contribution in [0.2, 0.25) is 0 Å². The minimum atomic E-state index is -0.265. The molecule has 2 fully saturated rings. The quantitative estimate of drug-likeness (QED) is 0.648. The SMILES string of the molecule is CC1(C)CCCC(C)(C)N1C(=O)c1ccncc1C(=O)N1C(C)(C)CCCC1(C)C. The smallest absolute Gasteiger partial charge is 0.257 e. The summed E-state index contributed by atoms with van der Waals surface area (Å²) < 4.78 is 0. The molecule has 166 valence electrons. The number of piperidine rings is 2. The van der Waals surface area contributed by atoms with E-state index in [9.17, 15) is 9.59 Å². The largest absolute Gasteiger partial charge is 0.328 e. The lowest BCUT2D eigenvalue weighted by atomic mass is 9.78. The van der Waals surface area contributed by atoms with E-state index < -0.39 is 0 Å². The fourth-order valence-electron chi connectivity index (χ4n) is 6.08. The van der Waals surface area contributed by atoms with Crippen molar-refractivity contribution in [3.63, 3.8) is 0 Å². The van der Waals surface area contributed by atoms with E-state index in [2.05, 4.69) is 60.4 Å². The topological polar surface area (TPSA) is 53.5 Å². The Kier molecular flexibility index (Phi) is 5.58. The average molecular weight is 414 g/mol. The summed E-state index contributed by atoms with van der Waals surface area (Å²) in [5.41, 5.74) is -0.159. The maximum absolute atomic E-state index is 13.9. The van der Waals surface area contributed by atoms with Crippen molar-refractivity contribution in [2.75, 3.05) is 0 Å². The van der Waals surface area contributed by atoms with Gasteiger partial charge in [-0.25, -0.2) is 0 Å². The number of rotatable bonds is 2. The van der Waals surface area contributed by atoms with Crippen LogP contribution in [-0.2, 0) is 0 Å². The highest BCUT2D eigenvalue weighted by molar-refractivity contribution is 6.07. The molecule has 0 spiro atoms. The van der Waals surface area contributed by atoms with Crippen molar-refractivity contribution in [1.82, 2.24) is 14.8 Å². The molecule has 2 aliphatic heterocycles. The van der Waals surface area contributed by atoms with Gasteiger partial charge in [-0.2, -0.15) is 0 Å². The van der Waals surface area contributed by atoms with Crippen molar-refractivity contribution < 1.29 is 9.59 Å². The number of hydrogen-bond acceptors (Lipinski definition) is 3. The summed E-state index contributed by atoms with van der Waals surface area (Å²) in [5, 5.41) is 0. The predicted molar refractivity (Wildman–Crippen MR) is 121 cm³/mol. The predicted octanol–water partition coefficient (Wildman–Crippen LogP) is 5.45. The Bertz CT molecular complexity index is 738. The number of aromatic nitrogens is 1. The summed E-state index contributed by atoms with van der Waals surface area (Å²) in [5.74, 6) is -0.156. The Morgan fingerprint density at radius 2 is 1.07 bits per heavy atom. The Morgan fingerprint density at radius 1 is 0.700 bits per heavy atom. The van der Waals surface area contributed by atoms with Gasteiger partial charge in [0.2, 0.25) is 0 Å². The Hall–Kier alpha value is -1.91. The molecule has 0 saturated carbocycles. The summed E-state index contributed by atoms with van der Waals surface area (Å²) in [7, 11) is 0. The second kappa shape index (κ2) is 7.35. The van der Waals surface area contributed by atoms with Crippen molar-refractivity contribution in [1.29, 1.82) is 0 Å². The molecule has 0 N–H and O–H groups in total. The lowest BCUT2D eigenvalue weighted by molar-refractivity contribution is -0.0149. The first-order valence-corrected chi connectivity index (χ1v) is 11.3. The highest BCUT2D eigenvalue weighted by Gasteiger charge is 2.47. The van der Waals surface area contributed by atoms with E-state index in [0.717, 1.165) is 38.5 Å². The molecule has 1 aromatic heterocycles. The van der Waals surface area contributed by atoms with Crippen LogP contribution in [-0.4, -0.2) is 48.8 Å². The van der Waals surface area contributed by atoms with E-state index in [1.165, 1.54) is 0 Å². The van der Waals surface area contributed by atoms with Crippen LogP contribution in [0.4, 0.5) is 0 Å². The molecular weight excluding hydrogens is 374 g/mol. The van der Waals surface area contributed by atoms with Crippen molar-refractivity contribution in [2.45, 2.75) is 116 Å². The van der Waals surface area contributed by atoms with Gasteiger partial charge >= 0.3 is 0 Å². The van der Waals surface area contributed by atoms with E-state index in [1.54, 1.807) is 18.5 Å². The Morgan fingerprint density at radius 3 is 1.47 bits per heavy atom. The molecule has 0 unspecified atom stereocenters. The van der Waals surface area contributed by atoms with Gasteiger partial charge in [-0.3, -0.25) is 14.6 Å². The molecule has 5 nitrogen and oxygen atoms in total. The third kappa shape index (κ3) is 3.88. The minimum Gasteiger partial charge on any atom is -0.328 e. The lowest BCUT2D eigenvalue weighted by Gasteiger charge is -2.54. The van der Waals surface area contributed by atoms with Crippen molar-refractivity contribution in [3.05, 3.63) is 29.6 Å². The second-order valence-electron chi connectivity index (χ2n) is 11.7. The van der Waals surface area contributed by atoms with E-state index >= 15 is 0 Å². The van der Waals surface area contributed by atoms with Crippen molar-refractivity contribution >= 4 is 11.8 Å². The monoisotopic (exact) mass is 413 g/mol. The molecule has 2 saturated heterocycles. The van der Waals surface area contributed by atoms with Gasteiger partial charge in [0.15, 0.2) is 0 Å². The lowest BCUT2D eigenvalue weighted by Crippen LogP contribution is -2.62. The summed E-state index contributed by atoms with van der Waals surface area (Å²) >= 11 is 0. The van der Waals surface area contributed by atoms with Crippen molar-refractivity contribution in [3.8, 4) is 0 Å². The zero-order chi connectivity index (χ0) is 22.5. The van der Waals surface area contributed by atoms with Crippen LogP contribution >= 0.6 is 0 Å². The van der Waals surface area contributed by atoms with Gasteiger partial charge < -0.3 is 9.80 Å². The number of amides is 2. The fraction of sp³-hybridized carbons (Fsp3) is 0.720. The van der Waals surface area contributed by atoms with Gasteiger partial charge in [0.25, 0.3) is 11.8 Å². The molecule has 0 atom stereocenters. The first kappa shape index (κ1) is 22.8. The number of nitrogens with zero attached hydrogens (tertiary/aromatic N) is 3. The molecule has 3 heterocycles. The maximum atomic E-state index is 13.9. The molecule has 30 heavy (non-hydrogen) atoms. The van der Waals surface area contributed by atoms with Crippen LogP contribution in [0.3, 0.4) is 0 Å². The van der Waals surface area contributed by atoms with Crippen molar-refractivity contribution in [2.24, 2.45) is 0 Å². The number of hydrogen-bond donors (Lipinski definition) is 0. The Labute approximate surface area is 182 Å². The van der Waals surface area contributed by atoms with Crippen LogP contribution in [0.5, 0.6) is 0 Å². The van der Waals surface area contributed by atoms with E-state index in [-0.39, 0.29) is 34.0 Å². The molecule has 0 aliphatic carbocycles. The minimum absolute atomic E-state index is 0.0666. The van der Waals surface area contributed by atoms with Gasteiger partial charge in [-0.15, -0.1) is 0 Å². The van der Waals surface area contributed by atoms with Crippen LogP contribution < -0.4 is 0 Å². The first-order chi connectivity index (χ1) is 13.7. The normalized spacial score (nSPS) is 24.4. The van der Waals surface area contributed by atoms with E-state index in [0.29, 0.717) is 11.1 Å². The molecule has 2 amide bonds. The Balaban J connectivity index is 2.06.